The highest BCUT2D eigenvalue weighted by molar-refractivity contribution is 5.81. The number of nitrogen functional groups attached to an aromatic ring is 1. The Labute approximate surface area is 122 Å². The number of hydrogen-bond donors (Lipinski definition) is 1. The molecule has 0 fully saturated rings. The zero-order chi connectivity index (χ0) is 14.8. The third kappa shape index (κ3) is 2.52. The van der Waals surface area contributed by atoms with E-state index in [9.17, 15) is 0 Å². The number of methoxy groups -OCH3 is 1. The summed E-state index contributed by atoms with van der Waals surface area (Å²) >= 11 is 0. The van der Waals surface area contributed by atoms with E-state index in [2.05, 4.69) is 34.0 Å². The minimum Gasteiger partial charge on any atom is -0.497 e. The van der Waals surface area contributed by atoms with Crippen molar-refractivity contribution in [2.24, 2.45) is 0 Å². The van der Waals surface area contributed by atoms with E-state index in [1.807, 2.05) is 16.7 Å². The van der Waals surface area contributed by atoms with Crippen LogP contribution < -0.4 is 10.5 Å². The number of nitrogens with zero attached hydrogens (tertiary/aromatic N) is 4. The lowest BCUT2D eigenvalue weighted by atomic mass is 10.0. The van der Waals surface area contributed by atoms with Gasteiger partial charge < -0.3 is 15.0 Å². The van der Waals surface area contributed by atoms with Crippen molar-refractivity contribution in [1.29, 1.82) is 0 Å². The molecule has 1 atom stereocenters. The Morgan fingerprint density at radius 2 is 1.95 bits per heavy atom. The number of aromatic nitrogens is 4. The third-order valence-corrected chi connectivity index (χ3v) is 3.58. The number of rotatable bonds is 4. The molecule has 3 rings (SSSR count). The molecule has 2 aromatic heterocycles. The summed E-state index contributed by atoms with van der Waals surface area (Å²) in [6.07, 6.45) is 3.23. The quantitative estimate of drug-likeness (QED) is 0.794. The summed E-state index contributed by atoms with van der Waals surface area (Å²) in [5.41, 5.74) is 8.46. The summed E-state index contributed by atoms with van der Waals surface area (Å²) in [6, 6.07) is 8.09. The molecule has 0 saturated carbocycles. The van der Waals surface area contributed by atoms with Crippen molar-refractivity contribution in [2.75, 3.05) is 12.8 Å². The van der Waals surface area contributed by atoms with Gasteiger partial charge in [-0.25, -0.2) is 15.0 Å². The van der Waals surface area contributed by atoms with Gasteiger partial charge in [0.15, 0.2) is 11.5 Å². The van der Waals surface area contributed by atoms with Crippen LogP contribution in [0.3, 0.4) is 0 Å². The van der Waals surface area contributed by atoms with Crippen LogP contribution in [0, 0.1) is 0 Å². The number of hydrogen-bond acceptors (Lipinski definition) is 5. The summed E-state index contributed by atoms with van der Waals surface area (Å²) < 4.78 is 7.18. The Morgan fingerprint density at radius 1 is 1.19 bits per heavy atom. The number of fused-ring (bicyclic) bond motifs is 1. The monoisotopic (exact) mass is 283 g/mol. The van der Waals surface area contributed by atoms with E-state index < -0.39 is 0 Å². The highest BCUT2D eigenvalue weighted by Gasteiger charge is 2.12. The van der Waals surface area contributed by atoms with Gasteiger partial charge in [0.25, 0.3) is 0 Å². The molecular weight excluding hydrogens is 266 g/mol. The number of ether oxygens (including phenoxy) is 1. The van der Waals surface area contributed by atoms with Crippen molar-refractivity contribution in [3.63, 3.8) is 0 Å². The molecule has 6 heteroatoms. The van der Waals surface area contributed by atoms with E-state index in [1.165, 1.54) is 11.9 Å². The molecule has 2 heterocycles. The lowest BCUT2D eigenvalue weighted by Crippen LogP contribution is -2.06. The maximum atomic E-state index is 5.80. The highest BCUT2D eigenvalue weighted by atomic mass is 16.5. The molecule has 6 nitrogen and oxygen atoms in total. The van der Waals surface area contributed by atoms with Crippen LogP contribution in [0.15, 0.2) is 36.9 Å². The minimum atomic E-state index is 0.324. The van der Waals surface area contributed by atoms with Gasteiger partial charge in [-0.15, -0.1) is 0 Å². The van der Waals surface area contributed by atoms with Crippen molar-refractivity contribution >= 4 is 17.0 Å². The zero-order valence-electron chi connectivity index (χ0n) is 12.0. The van der Waals surface area contributed by atoms with Crippen molar-refractivity contribution in [3.8, 4) is 5.75 Å². The molecule has 0 aliphatic carbocycles. The average Bonchev–Trinajstić information content (AvgIpc) is 2.92. The predicted molar refractivity (Wildman–Crippen MR) is 81.1 cm³/mol. The summed E-state index contributed by atoms with van der Waals surface area (Å²) in [5, 5.41) is 0. The van der Waals surface area contributed by atoms with Gasteiger partial charge in [0.2, 0.25) is 0 Å². The fourth-order valence-corrected chi connectivity index (χ4v) is 2.37. The van der Waals surface area contributed by atoms with E-state index in [0.29, 0.717) is 17.3 Å². The van der Waals surface area contributed by atoms with E-state index in [1.54, 1.807) is 13.4 Å². The van der Waals surface area contributed by atoms with Crippen LogP contribution in [0.5, 0.6) is 5.75 Å². The Morgan fingerprint density at radius 3 is 2.67 bits per heavy atom. The second-order valence-electron chi connectivity index (χ2n) is 5.00. The van der Waals surface area contributed by atoms with E-state index in [4.69, 9.17) is 10.5 Å². The summed E-state index contributed by atoms with van der Waals surface area (Å²) in [5.74, 6) is 1.60. The molecule has 108 valence electrons. The lowest BCUT2D eigenvalue weighted by molar-refractivity contribution is 0.414. The van der Waals surface area contributed by atoms with Crippen LogP contribution in [-0.4, -0.2) is 26.6 Å². The fraction of sp³-hybridized carbons (Fsp3) is 0.267. The van der Waals surface area contributed by atoms with Crippen molar-refractivity contribution in [2.45, 2.75) is 19.4 Å². The Bertz CT molecular complexity index is 750. The molecule has 2 N–H and O–H groups in total. The van der Waals surface area contributed by atoms with Crippen LogP contribution in [-0.2, 0) is 6.54 Å². The van der Waals surface area contributed by atoms with E-state index in [-0.39, 0.29) is 0 Å². The first kappa shape index (κ1) is 13.4. The van der Waals surface area contributed by atoms with Crippen LogP contribution in [0.4, 0.5) is 5.82 Å². The molecule has 21 heavy (non-hydrogen) atoms. The van der Waals surface area contributed by atoms with Gasteiger partial charge in [-0.1, -0.05) is 19.1 Å². The third-order valence-electron chi connectivity index (χ3n) is 3.58. The first-order valence-electron chi connectivity index (χ1n) is 6.74. The molecule has 0 spiro atoms. The second kappa shape index (κ2) is 5.40. The van der Waals surface area contributed by atoms with Gasteiger partial charge in [-0.05, 0) is 23.6 Å². The SMILES string of the molecule is COc1ccc(C(C)Cn2cnc3c(N)ncnc32)cc1. The van der Waals surface area contributed by atoms with Gasteiger partial charge >= 0.3 is 0 Å². The number of benzene rings is 1. The van der Waals surface area contributed by atoms with E-state index in [0.717, 1.165) is 17.9 Å². The summed E-state index contributed by atoms with van der Waals surface area (Å²) in [7, 11) is 1.67. The van der Waals surface area contributed by atoms with Crippen LogP contribution in [0.25, 0.3) is 11.2 Å². The van der Waals surface area contributed by atoms with E-state index >= 15 is 0 Å². The molecule has 0 aliphatic rings. The molecule has 0 bridgehead atoms. The van der Waals surface area contributed by atoms with Gasteiger partial charge in [-0.3, -0.25) is 0 Å². The van der Waals surface area contributed by atoms with Gasteiger partial charge in [0.05, 0.1) is 13.4 Å². The Hall–Kier alpha value is -2.63. The maximum absolute atomic E-state index is 5.80. The molecule has 3 aromatic rings. The second-order valence-corrected chi connectivity index (χ2v) is 5.00. The number of anilines is 1. The van der Waals surface area contributed by atoms with Crippen molar-refractivity contribution < 1.29 is 4.74 Å². The van der Waals surface area contributed by atoms with Crippen LogP contribution in [0.2, 0.25) is 0 Å². The van der Waals surface area contributed by atoms with Gasteiger partial charge in [0.1, 0.15) is 17.6 Å². The molecule has 0 aliphatic heterocycles. The van der Waals surface area contributed by atoms with Gasteiger partial charge in [0, 0.05) is 6.54 Å². The number of nitrogens with two attached hydrogens (primary N) is 1. The largest absolute Gasteiger partial charge is 0.497 e. The van der Waals surface area contributed by atoms with Crippen molar-refractivity contribution in [3.05, 3.63) is 42.5 Å². The van der Waals surface area contributed by atoms with Crippen molar-refractivity contribution in [1.82, 2.24) is 19.5 Å². The molecule has 1 unspecified atom stereocenters. The minimum absolute atomic E-state index is 0.324. The zero-order valence-corrected chi connectivity index (χ0v) is 12.0. The highest BCUT2D eigenvalue weighted by Crippen LogP contribution is 2.22. The molecule has 0 radical (unpaired) electrons. The topological polar surface area (TPSA) is 78.9 Å². The lowest BCUT2D eigenvalue weighted by Gasteiger charge is -2.13. The molecule has 0 saturated heterocycles. The average molecular weight is 283 g/mol. The summed E-state index contributed by atoms with van der Waals surface area (Å²) in [4.78, 5) is 12.5. The molecular formula is C15H17N5O. The Kier molecular flexibility index (Phi) is 3.43. The first-order chi connectivity index (χ1) is 10.2. The molecule has 0 amide bonds. The summed E-state index contributed by atoms with van der Waals surface area (Å²) in [6.45, 7) is 2.94. The maximum Gasteiger partial charge on any atom is 0.165 e. The van der Waals surface area contributed by atoms with Gasteiger partial charge in [-0.2, -0.15) is 0 Å². The smallest absolute Gasteiger partial charge is 0.165 e. The number of imidazole rings is 1. The standard InChI is InChI=1S/C15H17N5O/c1-10(11-3-5-12(21-2)6-4-11)7-20-9-19-13-14(16)17-8-18-15(13)20/h3-6,8-10H,7H2,1-2H3,(H2,16,17,18). The first-order valence-corrected chi connectivity index (χ1v) is 6.74. The molecule has 1 aromatic carbocycles. The predicted octanol–water partition coefficient (Wildman–Crippen LogP) is 2.22. The fourth-order valence-electron chi connectivity index (χ4n) is 2.37. The normalized spacial score (nSPS) is 12.5. The van der Waals surface area contributed by atoms with Crippen LogP contribution in [0.1, 0.15) is 18.4 Å². The van der Waals surface area contributed by atoms with Crippen LogP contribution >= 0.6 is 0 Å². The Balaban J connectivity index is 1.85.